The van der Waals surface area contributed by atoms with Crippen molar-refractivity contribution in [1.82, 2.24) is 5.32 Å². The van der Waals surface area contributed by atoms with Crippen LogP contribution in [0.2, 0.25) is 0 Å². The molecule has 0 fully saturated rings. The largest absolute Gasteiger partial charge is 0.398 e. The van der Waals surface area contributed by atoms with E-state index in [4.69, 9.17) is 5.73 Å². The van der Waals surface area contributed by atoms with Gasteiger partial charge in [-0.05, 0) is 42.7 Å². The average molecular weight is 258 g/mol. The minimum atomic E-state index is -0.193. The maximum absolute atomic E-state index is 12.8. The highest BCUT2D eigenvalue weighted by atomic mass is 19.1. The Kier molecular flexibility index (Phi) is 4.53. The number of para-hydroxylation sites is 1. The predicted octanol–water partition coefficient (Wildman–Crippen LogP) is 3.13. The second kappa shape index (κ2) is 6.34. The number of hydrogen-bond donors (Lipinski definition) is 2. The molecule has 2 aromatic rings. The van der Waals surface area contributed by atoms with Crippen LogP contribution in [0.4, 0.5) is 10.1 Å². The topological polar surface area (TPSA) is 38.0 Å². The van der Waals surface area contributed by atoms with Crippen LogP contribution in [0, 0.1) is 5.82 Å². The molecule has 0 aliphatic rings. The molecular formula is C16H19FN2. The van der Waals surface area contributed by atoms with E-state index < -0.39 is 0 Å². The maximum atomic E-state index is 12.8. The van der Waals surface area contributed by atoms with Gasteiger partial charge in [-0.25, -0.2) is 4.39 Å². The number of nitrogens with one attached hydrogen (secondary N) is 1. The third kappa shape index (κ3) is 4.07. The lowest BCUT2D eigenvalue weighted by atomic mass is 10.1. The first-order chi connectivity index (χ1) is 9.15. The summed E-state index contributed by atoms with van der Waals surface area (Å²) in [5.74, 6) is -0.193. The van der Waals surface area contributed by atoms with Crippen LogP contribution in [0.25, 0.3) is 0 Å². The molecule has 100 valence electrons. The molecule has 2 aromatic carbocycles. The van der Waals surface area contributed by atoms with E-state index in [0.29, 0.717) is 6.04 Å². The van der Waals surface area contributed by atoms with Gasteiger partial charge in [0.1, 0.15) is 5.82 Å². The lowest BCUT2D eigenvalue weighted by molar-refractivity contribution is 0.545. The summed E-state index contributed by atoms with van der Waals surface area (Å²) in [5.41, 5.74) is 8.94. The van der Waals surface area contributed by atoms with Gasteiger partial charge in [-0.1, -0.05) is 30.3 Å². The molecule has 0 spiro atoms. The van der Waals surface area contributed by atoms with Crippen LogP contribution in [-0.4, -0.2) is 6.04 Å². The summed E-state index contributed by atoms with van der Waals surface area (Å²) < 4.78 is 12.8. The van der Waals surface area contributed by atoms with Crippen LogP contribution in [0.1, 0.15) is 18.1 Å². The number of hydrogen-bond acceptors (Lipinski definition) is 2. The monoisotopic (exact) mass is 258 g/mol. The van der Waals surface area contributed by atoms with Crippen LogP contribution < -0.4 is 11.1 Å². The molecule has 0 radical (unpaired) electrons. The Labute approximate surface area is 113 Å². The van der Waals surface area contributed by atoms with Gasteiger partial charge >= 0.3 is 0 Å². The number of halogens is 1. The zero-order valence-corrected chi connectivity index (χ0v) is 11.1. The SMILES string of the molecule is CC(Cc1ccc(F)cc1)NCc1ccccc1N. The quantitative estimate of drug-likeness (QED) is 0.809. The van der Waals surface area contributed by atoms with Gasteiger partial charge in [-0.15, -0.1) is 0 Å². The van der Waals surface area contributed by atoms with Gasteiger partial charge in [0.15, 0.2) is 0 Å². The summed E-state index contributed by atoms with van der Waals surface area (Å²) in [7, 11) is 0. The summed E-state index contributed by atoms with van der Waals surface area (Å²) in [5, 5.41) is 3.43. The van der Waals surface area contributed by atoms with Crippen molar-refractivity contribution in [2.45, 2.75) is 25.9 Å². The zero-order chi connectivity index (χ0) is 13.7. The predicted molar refractivity (Wildman–Crippen MR) is 77.3 cm³/mol. The Bertz CT molecular complexity index is 523. The van der Waals surface area contributed by atoms with E-state index in [0.717, 1.165) is 29.8 Å². The molecule has 0 aromatic heterocycles. The van der Waals surface area contributed by atoms with E-state index in [-0.39, 0.29) is 5.82 Å². The molecule has 0 saturated heterocycles. The van der Waals surface area contributed by atoms with Crippen LogP contribution in [0.15, 0.2) is 48.5 Å². The van der Waals surface area contributed by atoms with Crippen molar-refractivity contribution in [2.75, 3.05) is 5.73 Å². The fourth-order valence-corrected chi connectivity index (χ4v) is 2.03. The smallest absolute Gasteiger partial charge is 0.123 e. The summed E-state index contributed by atoms with van der Waals surface area (Å²) >= 11 is 0. The molecule has 1 atom stereocenters. The number of rotatable bonds is 5. The molecule has 0 amide bonds. The van der Waals surface area contributed by atoms with E-state index in [1.807, 2.05) is 36.4 Å². The molecule has 19 heavy (non-hydrogen) atoms. The van der Waals surface area contributed by atoms with Crippen molar-refractivity contribution >= 4 is 5.69 Å². The van der Waals surface area contributed by atoms with Crippen molar-refractivity contribution in [3.63, 3.8) is 0 Å². The van der Waals surface area contributed by atoms with Crippen molar-refractivity contribution in [2.24, 2.45) is 0 Å². The van der Waals surface area contributed by atoms with E-state index in [2.05, 4.69) is 12.2 Å². The average Bonchev–Trinajstić information content (AvgIpc) is 2.40. The molecule has 0 saturated carbocycles. The van der Waals surface area contributed by atoms with Crippen molar-refractivity contribution in [1.29, 1.82) is 0 Å². The second-order valence-electron chi connectivity index (χ2n) is 4.81. The normalized spacial score (nSPS) is 12.3. The Morgan fingerprint density at radius 1 is 1.11 bits per heavy atom. The Hall–Kier alpha value is -1.87. The van der Waals surface area contributed by atoms with Crippen LogP contribution >= 0.6 is 0 Å². The third-order valence-corrected chi connectivity index (χ3v) is 3.15. The van der Waals surface area contributed by atoms with Gasteiger partial charge in [0, 0.05) is 18.3 Å². The highest BCUT2D eigenvalue weighted by Crippen LogP contribution is 2.11. The number of benzene rings is 2. The molecule has 2 nitrogen and oxygen atoms in total. The molecule has 1 unspecified atom stereocenters. The molecule has 0 bridgehead atoms. The summed E-state index contributed by atoms with van der Waals surface area (Å²) in [4.78, 5) is 0. The molecule has 0 aliphatic heterocycles. The Balaban J connectivity index is 1.86. The second-order valence-corrected chi connectivity index (χ2v) is 4.81. The van der Waals surface area contributed by atoms with Gasteiger partial charge in [-0.3, -0.25) is 0 Å². The highest BCUT2D eigenvalue weighted by Gasteiger charge is 2.04. The maximum Gasteiger partial charge on any atom is 0.123 e. The molecular weight excluding hydrogens is 239 g/mol. The third-order valence-electron chi connectivity index (χ3n) is 3.15. The summed E-state index contributed by atoms with van der Waals surface area (Å²) in [6, 6.07) is 14.8. The Morgan fingerprint density at radius 2 is 1.79 bits per heavy atom. The van der Waals surface area contributed by atoms with Crippen molar-refractivity contribution < 1.29 is 4.39 Å². The van der Waals surface area contributed by atoms with Crippen molar-refractivity contribution in [3.05, 3.63) is 65.5 Å². The summed E-state index contributed by atoms with van der Waals surface area (Å²) in [6.45, 7) is 2.86. The first kappa shape index (κ1) is 13.6. The van der Waals surface area contributed by atoms with Gasteiger partial charge < -0.3 is 11.1 Å². The first-order valence-corrected chi connectivity index (χ1v) is 6.46. The van der Waals surface area contributed by atoms with Gasteiger partial charge in [0.05, 0.1) is 0 Å². The lowest BCUT2D eigenvalue weighted by Crippen LogP contribution is -2.27. The van der Waals surface area contributed by atoms with Crippen LogP contribution in [0.5, 0.6) is 0 Å². The van der Waals surface area contributed by atoms with E-state index in [1.165, 1.54) is 12.1 Å². The number of nitrogen functional groups attached to an aromatic ring is 1. The van der Waals surface area contributed by atoms with E-state index in [9.17, 15) is 4.39 Å². The number of nitrogens with two attached hydrogens (primary N) is 1. The minimum absolute atomic E-state index is 0.193. The molecule has 0 aliphatic carbocycles. The highest BCUT2D eigenvalue weighted by molar-refractivity contribution is 5.46. The molecule has 2 rings (SSSR count). The molecule has 0 heterocycles. The van der Waals surface area contributed by atoms with Gasteiger partial charge in [-0.2, -0.15) is 0 Å². The van der Waals surface area contributed by atoms with Gasteiger partial charge in [0.25, 0.3) is 0 Å². The molecule has 3 heteroatoms. The van der Waals surface area contributed by atoms with E-state index in [1.54, 1.807) is 0 Å². The first-order valence-electron chi connectivity index (χ1n) is 6.46. The van der Waals surface area contributed by atoms with Crippen LogP contribution in [-0.2, 0) is 13.0 Å². The van der Waals surface area contributed by atoms with E-state index >= 15 is 0 Å². The molecule has 3 N–H and O–H groups in total. The lowest BCUT2D eigenvalue weighted by Gasteiger charge is -2.15. The fourth-order valence-electron chi connectivity index (χ4n) is 2.03. The van der Waals surface area contributed by atoms with Gasteiger partial charge in [0.2, 0.25) is 0 Å². The minimum Gasteiger partial charge on any atom is -0.398 e. The van der Waals surface area contributed by atoms with Crippen LogP contribution in [0.3, 0.4) is 0 Å². The fraction of sp³-hybridized carbons (Fsp3) is 0.250. The van der Waals surface area contributed by atoms with Crippen molar-refractivity contribution in [3.8, 4) is 0 Å². The number of anilines is 1. The summed E-state index contributed by atoms with van der Waals surface area (Å²) in [6.07, 6.45) is 0.868. The zero-order valence-electron chi connectivity index (χ0n) is 11.1. The standard InChI is InChI=1S/C16H19FN2/c1-12(10-13-6-8-15(17)9-7-13)19-11-14-4-2-3-5-16(14)18/h2-9,12,19H,10-11,18H2,1H3. The Morgan fingerprint density at radius 3 is 2.47 bits per heavy atom.